The van der Waals surface area contributed by atoms with Crippen molar-refractivity contribution in [2.24, 2.45) is 5.92 Å². The quantitative estimate of drug-likeness (QED) is 0.795. The van der Waals surface area contributed by atoms with Crippen LogP contribution >= 0.6 is 0 Å². The minimum Gasteiger partial charge on any atom is -0.372 e. The molecule has 1 aliphatic heterocycles. The molecule has 0 amide bonds. The van der Waals surface area contributed by atoms with Gasteiger partial charge in [0.05, 0.1) is 11.4 Å². The highest BCUT2D eigenvalue weighted by molar-refractivity contribution is 5.73. The van der Waals surface area contributed by atoms with Crippen LogP contribution in [0.3, 0.4) is 0 Å². The Kier molecular flexibility index (Phi) is 4.74. The fourth-order valence-electron chi connectivity index (χ4n) is 3.15. The first-order chi connectivity index (χ1) is 11.2. The molecule has 5 nitrogen and oxygen atoms in total. The molecule has 0 unspecified atom stereocenters. The Hall–Kier alpha value is -2.17. The van der Waals surface area contributed by atoms with E-state index in [9.17, 15) is 4.79 Å². The lowest BCUT2D eigenvalue weighted by atomic mass is 9.99. The molecular weight excluding hydrogens is 288 g/mol. The SMILES string of the molecule is CCCc1c(C=O)nnn1-c1ccc(N2CCC(C)CC2)cc1. The Labute approximate surface area is 137 Å². The van der Waals surface area contributed by atoms with Gasteiger partial charge in [0.15, 0.2) is 6.29 Å². The molecule has 0 atom stereocenters. The largest absolute Gasteiger partial charge is 0.372 e. The average Bonchev–Trinajstić information content (AvgIpc) is 2.99. The topological polar surface area (TPSA) is 51.0 Å². The molecule has 0 N–H and O–H groups in total. The van der Waals surface area contributed by atoms with Gasteiger partial charge in [0.1, 0.15) is 5.69 Å². The lowest BCUT2D eigenvalue weighted by Gasteiger charge is -2.32. The Bertz CT molecular complexity index is 654. The molecule has 1 aromatic heterocycles. The molecule has 1 fully saturated rings. The third-order valence-corrected chi connectivity index (χ3v) is 4.63. The van der Waals surface area contributed by atoms with Gasteiger partial charge < -0.3 is 4.90 Å². The molecule has 0 bridgehead atoms. The predicted octanol–water partition coefficient (Wildman–Crippen LogP) is 3.27. The van der Waals surface area contributed by atoms with Gasteiger partial charge in [-0.25, -0.2) is 4.68 Å². The van der Waals surface area contributed by atoms with Gasteiger partial charge in [-0.1, -0.05) is 25.5 Å². The van der Waals surface area contributed by atoms with Gasteiger partial charge in [-0.05, 0) is 49.4 Å². The molecule has 1 saturated heterocycles. The molecule has 23 heavy (non-hydrogen) atoms. The van der Waals surface area contributed by atoms with Crippen LogP contribution in [0.15, 0.2) is 24.3 Å². The van der Waals surface area contributed by atoms with Crippen LogP contribution in [0.4, 0.5) is 5.69 Å². The summed E-state index contributed by atoms with van der Waals surface area (Å²) in [6, 6.07) is 8.41. The molecule has 0 aliphatic carbocycles. The van der Waals surface area contributed by atoms with Gasteiger partial charge >= 0.3 is 0 Å². The zero-order valence-electron chi connectivity index (χ0n) is 13.9. The maximum absolute atomic E-state index is 11.1. The number of anilines is 1. The van der Waals surface area contributed by atoms with E-state index in [2.05, 4.69) is 53.3 Å². The first kappa shape index (κ1) is 15.7. The molecule has 0 saturated carbocycles. The fourth-order valence-corrected chi connectivity index (χ4v) is 3.15. The molecule has 122 valence electrons. The maximum Gasteiger partial charge on any atom is 0.172 e. The van der Waals surface area contributed by atoms with E-state index in [1.807, 2.05) is 0 Å². The van der Waals surface area contributed by atoms with Crippen LogP contribution < -0.4 is 4.90 Å². The van der Waals surface area contributed by atoms with Crippen LogP contribution in [0.2, 0.25) is 0 Å². The fraction of sp³-hybridized carbons (Fsp3) is 0.500. The van der Waals surface area contributed by atoms with Crippen LogP contribution in [-0.2, 0) is 6.42 Å². The lowest BCUT2D eigenvalue weighted by Crippen LogP contribution is -2.32. The summed E-state index contributed by atoms with van der Waals surface area (Å²) in [6.45, 7) is 6.66. The molecule has 1 aliphatic rings. The van der Waals surface area contributed by atoms with Crippen molar-refractivity contribution in [2.45, 2.75) is 39.5 Å². The Balaban J connectivity index is 1.82. The molecule has 0 radical (unpaired) electrons. The van der Waals surface area contributed by atoms with Gasteiger partial charge in [-0.3, -0.25) is 4.79 Å². The number of hydrogen-bond donors (Lipinski definition) is 0. The molecule has 2 heterocycles. The van der Waals surface area contributed by atoms with Crippen molar-refractivity contribution in [1.29, 1.82) is 0 Å². The first-order valence-corrected chi connectivity index (χ1v) is 8.48. The number of benzene rings is 1. The van der Waals surface area contributed by atoms with Gasteiger partial charge in [0, 0.05) is 18.8 Å². The third-order valence-electron chi connectivity index (χ3n) is 4.63. The Morgan fingerprint density at radius 3 is 2.43 bits per heavy atom. The van der Waals surface area contributed by atoms with Gasteiger partial charge in [-0.2, -0.15) is 0 Å². The predicted molar refractivity (Wildman–Crippen MR) is 91.4 cm³/mol. The zero-order chi connectivity index (χ0) is 16.2. The lowest BCUT2D eigenvalue weighted by molar-refractivity contribution is 0.111. The summed E-state index contributed by atoms with van der Waals surface area (Å²) in [5.41, 5.74) is 3.56. The highest BCUT2D eigenvalue weighted by Gasteiger charge is 2.17. The number of piperidine rings is 1. The van der Waals surface area contributed by atoms with E-state index in [-0.39, 0.29) is 0 Å². The summed E-state index contributed by atoms with van der Waals surface area (Å²) in [4.78, 5) is 13.6. The van der Waals surface area contributed by atoms with Gasteiger partial charge in [0.25, 0.3) is 0 Å². The molecule has 5 heteroatoms. The number of carbonyl (C=O) groups excluding carboxylic acids is 1. The van der Waals surface area contributed by atoms with Crippen LogP contribution in [-0.4, -0.2) is 34.4 Å². The average molecular weight is 312 g/mol. The summed E-state index contributed by atoms with van der Waals surface area (Å²) in [5, 5.41) is 8.13. The summed E-state index contributed by atoms with van der Waals surface area (Å²) in [5.74, 6) is 0.832. The second-order valence-electron chi connectivity index (χ2n) is 6.39. The Morgan fingerprint density at radius 1 is 1.17 bits per heavy atom. The van der Waals surface area contributed by atoms with E-state index in [1.54, 1.807) is 4.68 Å². The van der Waals surface area contributed by atoms with Crippen molar-refractivity contribution in [3.05, 3.63) is 35.7 Å². The number of carbonyl (C=O) groups is 1. The van der Waals surface area contributed by atoms with Crippen molar-refractivity contribution in [1.82, 2.24) is 15.0 Å². The highest BCUT2D eigenvalue weighted by Crippen LogP contribution is 2.24. The summed E-state index contributed by atoms with van der Waals surface area (Å²) < 4.78 is 1.79. The minimum atomic E-state index is 0.445. The maximum atomic E-state index is 11.1. The number of rotatable bonds is 5. The van der Waals surface area contributed by atoms with Crippen LogP contribution in [0.5, 0.6) is 0 Å². The van der Waals surface area contributed by atoms with Crippen molar-refractivity contribution in [3.63, 3.8) is 0 Å². The summed E-state index contributed by atoms with van der Waals surface area (Å²) in [6.07, 6.45) is 5.06. The smallest absolute Gasteiger partial charge is 0.172 e. The molecule has 3 rings (SSSR count). The Morgan fingerprint density at radius 2 is 1.83 bits per heavy atom. The third kappa shape index (κ3) is 3.28. The summed E-state index contributed by atoms with van der Waals surface area (Å²) >= 11 is 0. The summed E-state index contributed by atoms with van der Waals surface area (Å²) in [7, 11) is 0. The molecule has 2 aromatic rings. The number of aromatic nitrogens is 3. The number of hydrogen-bond acceptors (Lipinski definition) is 4. The van der Waals surface area contributed by atoms with Gasteiger partial charge in [-0.15, -0.1) is 5.10 Å². The van der Waals surface area contributed by atoms with Crippen molar-refractivity contribution in [2.75, 3.05) is 18.0 Å². The van der Waals surface area contributed by atoms with E-state index in [0.29, 0.717) is 5.69 Å². The van der Waals surface area contributed by atoms with Gasteiger partial charge in [0.2, 0.25) is 0 Å². The second-order valence-corrected chi connectivity index (χ2v) is 6.39. The normalized spacial score (nSPS) is 15.8. The van der Waals surface area contributed by atoms with Crippen LogP contribution in [0.25, 0.3) is 5.69 Å². The van der Waals surface area contributed by atoms with Crippen molar-refractivity contribution < 1.29 is 4.79 Å². The van der Waals surface area contributed by atoms with E-state index in [0.717, 1.165) is 49.5 Å². The monoisotopic (exact) mass is 312 g/mol. The second kappa shape index (κ2) is 6.94. The van der Waals surface area contributed by atoms with Crippen molar-refractivity contribution in [3.8, 4) is 5.69 Å². The van der Waals surface area contributed by atoms with E-state index in [4.69, 9.17) is 0 Å². The molecular formula is C18H24N4O. The highest BCUT2D eigenvalue weighted by atomic mass is 16.1. The first-order valence-electron chi connectivity index (χ1n) is 8.48. The molecule has 0 spiro atoms. The van der Waals surface area contributed by atoms with Crippen molar-refractivity contribution >= 4 is 12.0 Å². The minimum absolute atomic E-state index is 0.445. The van der Waals surface area contributed by atoms with Crippen LogP contribution in [0, 0.1) is 5.92 Å². The van der Waals surface area contributed by atoms with Crippen LogP contribution in [0.1, 0.15) is 49.3 Å². The standard InChI is InChI=1S/C18H24N4O/c1-3-4-18-17(13-23)19-20-22(18)16-7-5-15(6-8-16)21-11-9-14(2)10-12-21/h5-8,13-14H,3-4,9-12H2,1-2H3. The molecule has 1 aromatic carbocycles. The number of nitrogens with zero attached hydrogens (tertiary/aromatic N) is 4. The van der Waals surface area contributed by atoms with E-state index >= 15 is 0 Å². The van der Waals surface area contributed by atoms with E-state index in [1.165, 1.54) is 18.5 Å². The zero-order valence-corrected chi connectivity index (χ0v) is 13.9. The number of aldehydes is 1. The van der Waals surface area contributed by atoms with E-state index < -0.39 is 0 Å².